The number of hydrogen-bond acceptors (Lipinski definition) is 4. The number of para-hydroxylation sites is 2. The van der Waals surface area contributed by atoms with E-state index in [1.165, 1.54) is 21.5 Å². The number of fused-ring (bicyclic) bond motifs is 8. The topological polar surface area (TPSA) is 56.7 Å². The summed E-state index contributed by atoms with van der Waals surface area (Å²) < 4.78 is 8.90. The number of nitrogens with zero attached hydrogens (tertiary/aromatic N) is 4. The molecule has 5 nitrogen and oxygen atoms in total. The fourth-order valence-corrected chi connectivity index (χ4v) is 9.85. The molecule has 298 valence electrons. The smallest absolute Gasteiger partial charge is 0.165 e. The van der Waals surface area contributed by atoms with Crippen LogP contribution < -0.4 is 0 Å². The minimum Gasteiger partial charge on any atom is -0.456 e. The van der Waals surface area contributed by atoms with Crippen molar-refractivity contribution in [2.24, 2.45) is 0 Å². The standard InChI is InChI=1S/C59H36N4O/c1-4-19-37(20-5-1)52-53(38-21-6-2-7-22-38)56(63-48-32-16-14-27-42(48)47-35-40-25-10-11-26-41(40)36-49(47)63)44-29-13-12-28-43(44)55(52)59-61-57(39-23-8-3-9-24-39)60-58(62-59)46-31-18-34-51-54(46)45-30-15-17-33-50(45)64-51/h1-36H. The molecule has 64 heavy (non-hydrogen) atoms. The van der Waals surface area contributed by atoms with Crippen molar-refractivity contribution in [3.8, 4) is 62.1 Å². The molecule has 0 radical (unpaired) electrons. The van der Waals surface area contributed by atoms with Crippen molar-refractivity contribution in [1.82, 2.24) is 19.5 Å². The Morgan fingerprint density at radius 3 is 1.62 bits per heavy atom. The summed E-state index contributed by atoms with van der Waals surface area (Å²) in [5, 5.41) is 8.92. The molecule has 5 heteroatoms. The lowest BCUT2D eigenvalue weighted by Gasteiger charge is -2.25. The van der Waals surface area contributed by atoms with E-state index >= 15 is 0 Å². The zero-order valence-corrected chi connectivity index (χ0v) is 34.5. The molecule has 0 amide bonds. The van der Waals surface area contributed by atoms with E-state index in [4.69, 9.17) is 19.4 Å². The maximum absolute atomic E-state index is 6.40. The monoisotopic (exact) mass is 816 g/mol. The average Bonchev–Trinajstić information content (AvgIpc) is 3.91. The lowest BCUT2D eigenvalue weighted by atomic mass is 9.84. The number of aromatic nitrogens is 4. The summed E-state index contributed by atoms with van der Waals surface area (Å²) in [6, 6.07) is 77.0. The number of benzene rings is 10. The highest BCUT2D eigenvalue weighted by Crippen LogP contribution is 2.50. The molecule has 13 aromatic rings. The van der Waals surface area contributed by atoms with Gasteiger partial charge in [-0.15, -0.1) is 0 Å². The van der Waals surface area contributed by atoms with Crippen LogP contribution in [0.5, 0.6) is 0 Å². The van der Waals surface area contributed by atoms with Gasteiger partial charge in [-0.3, -0.25) is 0 Å². The molecule has 0 saturated carbocycles. The number of rotatable bonds is 6. The first-order valence-electron chi connectivity index (χ1n) is 21.6. The Labute approximate surface area is 368 Å². The second-order valence-electron chi connectivity index (χ2n) is 16.3. The van der Waals surface area contributed by atoms with Gasteiger partial charge in [0.05, 0.1) is 16.7 Å². The molecule has 0 unspecified atom stereocenters. The summed E-state index contributed by atoms with van der Waals surface area (Å²) in [5.74, 6) is 1.75. The van der Waals surface area contributed by atoms with Crippen molar-refractivity contribution in [1.29, 1.82) is 0 Å². The highest BCUT2D eigenvalue weighted by atomic mass is 16.3. The molecular formula is C59H36N4O. The van der Waals surface area contributed by atoms with E-state index in [9.17, 15) is 0 Å². The summed E-state index contributed by atoms with van der Waals surface area (Å²) >= 11 is 0. The zero-order chi connectivity index (χ0) is 42.1. The second kappa shape index (κ2) is 14.5. The molecule has 0 fully saturated rings. The van der Waals surface area contributed by atoms with Crippen LogP contribution in [-0.4, -0.2) is 19.5 Å². The Morgan fingerprint density at radius 1 is 0.328 bits per heavy atom. The Kier molecular flexibility index (Phi) is 8.15. The quantitative estimate of drug-likeness (QED) is 0.168. The maximum Gasteiger partial charge on any atom is 0.165 e. The SMILES string of the molecule is c1ccc(-c2nc(-c3c(-c4ccccc4)c(-c4ccccc4)c(-n4c5ccccc5c5cc6ccccc6cc54)c4ccccc34)nc(-c3cccc4oc5ccccc5c34)n2)cc1. The average molecular weight is 817 g/mol. The molecular weight excluding hydrogens is 781 g/mol. The molecule has 0 spiro atoms. The van der Waals surface area contributed by atoms with E-state index < -0.39 is 0 Å². The van der Waals surface area contributed by atoms with E-state index in [0.717, 1.165) is 88.4 Å². The molecule has 0 aliphatic heterocycles. The molecule has 0 aliphatic carbocycles. The predicted octanol–water partition coefficient (Wildman–Crippen LogP) is 15.5. The summed E-state index contributed by atoms with van der Waals surface area (Å²) in [6.07, 6.45) is 0. The van der Waals surface area contributed by atoms with Gasteiger partial charge in [0, 0.05) is 54.7 Å². The third kappa shape index (κ3) is 5.61. The first-order chi connectivity index (χ1) is 31.8. The van der Waals surface area contributed by atoms with Crippen LogP contribution in [0.25, 0.3) is 127 Å². The maximum atomic E-state index is 6.40. The molecule has 3 heterocycles. The Bertz CT molecular complexity index is 3950. The first-order valence-corrected chi connectivity index (χ1v) is 21.6. The minimum atomic E-state index is 0.573. The number of furan rings is 1. The predicted molar refractivity (Wildman–Crippen MR) is 264 cm³/mol. The van der Waals surface area contributed by atoms with Crippen LogP contribution in [0.2, 0.25) is 0 Å². The Morgan fingerprint density at radius 2 is 0.875 bits per heavy atom. The third-order valence-corrected chi connectivity index (χ3v) is 12.6. The van der Waals surface area contributed by atoms with Gasteiger partial charge in [-0.2, -0.15) is 0 Å². The van der Waals surface area contributed by atoms with Crippen molar-refractivity contribution in [2.75, 3.05) is 0 Å². The van der Waals surface area contributed by atoms with Crippen molar-refractivity contribution >= 4 is 65.3 Å². The normalized spacial score (nSPS) is 11.8. The molecule has 0 bridgehead atoms. The van der Waals surface area contributed by atoms with Gasteiger partial charge in [0.1, 0.15) is 11.2 Å². The van der Waals surface area contributed by atoms with Gasteiger partial charge in [0.25, 0.3) is 0 Å². The summed E-state index contributed by atoms with van der Waals surface area (Å²) in [4.78, 5) is 16.3. The summed E-state index contributed by atoms with van der Waals surface area (Å²) in [7, 11) is 0. The van der Waals surface area contributed by atoms with Gasteiger partial charge in [0.2, 0.25) is 0 Å². The van der Waals surface area contributed by atoms with Crippen LogP contribution in [0.4, 0.5) is 0 Å². The van der Waals surface area contributed by atoms with Crippen molar-refractivity contribution in [3.05, 3.63) is 218 Å². The van der Waals surface area contributed by atoms with Crippen LogP contribution in [0.3, 0.4) is 0 Å². The van der Waals surface area contributed by atoms with Gasteiger partial charge in [-0.1, -0.05) is 188 Å². The van der Waals surface area contributed by atoms with Crippen LogP contribution in [0, 0.1) is 0 Å². The molecule has 10 aromatic carbocycles. The Balaban J connectivity index is 1.22. The first kappa shape index (κ1) is 36.0. The molecule has 0 N–H and O–H groups in total. The lowest BCUT2D eigenvalue weighted by molar-refractivity contribution is 0.669. The van der Waals surface area contributed by atoms with E-state index in [1.807, 2.05) is 48.5 Å². The van der Waals surface area contributed by atoms with Crippen LogP contribution in [0.15, 0.2) is 223 Å². The lowest BCUT2D eigenvalue weighted by Crippen LogP contribution is -2.06. The summed E-state index contributed by atoms with van der Waals surface area (Å²) in [6.45, 7) is 0. The van der Waals surface area contributed by atoms with Gasteiger partial charge in [-0.05, 0) is 57.6 Å². The third-order valence-electron chi connectivity index (χ3n) is 12.6. The largest absolute Gasteiger partial charge is 0.456 e. The van der Waals surface area contributed by atoms with Crippen LogP contribution in [0.1, 0.15) is 0 Å². The van der Waals surface area contributed by atoms with Gasteiger partial charge in [-0.25, -0.2) is 15.0 Å². The van der Waals surface area contributed by atoms with E-state index in [2.05, 4.69) is 174 Å². The van der Waals surface area contributed by atoms with Gasteiger partial charge >= 0.3 is 0 Å². The van der Waals surface area contributed by atoms with E-state index in [1.54, 1.807) is 0 Å². The highest BCUT2D eigenvalue weighted by molar-refractivity contribution is 6.19. The fraction of sp³-hybridized carbons (Fsp3) is 0. The van der Waals surface area contributed by atoms with E-state index in [-0.39, 0.29) is 0 Å². The molecule has 0 atom stereocenters. The molecule has 13 rings (SSSR count). The summed E-state index contributed by atoms with van der Waals surface area (Å²) in [5.41, 5.74) is 12.0. The second-order valence-corrected chi connectivity index (χ2v) is 16.3. The number of hydrogen-bond donors (Lipinski definition) is 0. The highest BCUT2D eigenvalue weighted by Gasteiger charge is 2.28. The van der Waals surface area contributed by atoms with Crippen LogP contribution >= 0.6 is 0 Å². The van der Waals surface area contributed by atoms with Crippen LogP contribution in [-0.2, 0) is 0 Å². The van der Waals surface area contributed by atoms with Crippen molar-refractivity contribution in [3.63, 3.8) is 0 Å². The Hall–Kier alpha value is -8.67. The fourth-order valence-electron chi connectivity index (χ4n) is 9.85. The van der Waals surface area contributed by atoms with E-state index in [0.29, 0.717) is 17.5 Å². The molecule has 0 saturated heterocycles. The van der Waals surface area contributed by atoms with Crippen molar-refractivity contribution in [2.45, 2.75) is 0 Å². The molecule has 3 aromatic heterocycles. The van der Waals surface area contributed by atoms with Crippen molar-refractivity contribution < 1.29 is 4.42 Å². The minimum absolute atomic E-state index is 0.573. The van der Waals surface area contributed by atoms with Gasteiger partial charge in [0.15, 0.2) is 17.5 Å². The van der Waals surface area contributed by atoms with Gasteiger partial charge < -0.3 is 8.98 Å². The molecule has 0 aliphatic rings. The zero-order valence-electron chi connectivity index (χ0n) is 34.5.